The molecule has 0 N–H and O–H groups in total. The molecule has 0 spiro atoms. The van der Waals surface area contributed by atoms with Crippen LogP contribution in [0.3, 0.4) is 0 Å². The van der Waals surface area contributed by atoms with Gasteiger partial charge in [0.05, 0.1) is 104 Å². The second-order valence-electron chi connectivity index (χ2n) is 15.7. The summed E-state index contributed by atoms with van der Waals surface area (Å²) in [6, 6.07) is 32.1. The molecule has 0 radical (unpaired) electrons. The number of aromatic nitrogens is 8. The van der Waals surface area contributed by atoms with Gasteiger partial charge in [0.2, 0.25) is 11.5 Å². The summed E-state index contributed by atoms with van der Waals surface area (Å²) in [4.78, 5) is 60.3. The fraction of sp³-hybridized carbons (Fsp3) is 0.157. The van der Waals surface area contributed by atoms with Crippen molar-refractivity contribution in [3.63, 3.8) is 0 Å². The van der Waals surface area contributed by atoms with Crippen LogP contribution in [0, 0.1) is 47.8 Å². The molecule has 0 aliphatic carbocycles. The smallest absolute Gasteiger partial charge is 0.296 e. The molecule has 0 saturated heterocycles. The third-order valence-corrected chi connectivity index (χ3v) is 11.6. The lowest BCUT2D eigenvalue weighted by Gasteiger charge is -2.13. The van der Waals surface area contributed by atoms with Gasteiger partial charge in [0, 0.05) is 10.0 Å². The molecular formula is C51H38BrCl2N11O8. The zero-order valence-corrected chi connectivity index (χ0v) is 42.1. The van der Waals surface area contributed by atoms with Crippen molar-refractivity contribution >= 4 is 39.1 Å². The minimum Gasteiger partial charge on any atom is -0.497 e. The largest absolute Gasteiger partial charge is 0.497 e. The standard InChI is InChI=1S/C26H19ClN6O4.C25H19BrClN5O4/c1-16-24(37-23-8-18(11-28)7-20(27)10-23)26(35)32(15-30-16)14-21-9-19(12-29)25(34)33(31-21)13-17-3-5-22(36-2)6-4-17;1-15-23(36-21-8-17(11-28)7-18(27)9-21)25(34)31(14-29-15)13-19-10-22(26)24(33)32(30-19)12-16-3-5-20(35-2)6-4-16/h3-10,15H,13-14H2,1-2H3;3-10,14H,12-13H2,1-2H3. The number of methoxy groups -OCH3 is 2. The molecule has 8 rings (SSSR count). The van der Waals surface area contributed by atoms with Crippen molar-refractivity contribution in [1.82, 2.24) is 38.7 Å². The molecular weight excluding hydrogens is 1050 g/mol. The monoisotopic (exact) mass is 1080 g/mol. The number of aryl methyl sites for hydroxylation is 2. The fourth-order valence-electron chi connectivity index (χ4n) is 6.94. The summed E-state index contributed by atoms with van der Waals surface area (Å²) < 4.78 is 27.3. The summed E-state index contributed by atoms with van der Waals surface area (Å²) in [5.41, 5.74) is 1.75. The van der Waals surface area contributed by atoms with E-state index in [1.807, 2.05) is 30.3 Å². The summed E-state index contributed by atoms with van der Waals surface area (Å²) in [7, 11) is 3.14. The lowest BCUT2D eigenvalue weighted by Crippen LogP contribution is -2.29. The third-order valence-electron chi connectivity index (χ3n) is 10.6. The average Bonchev–Trinajstić information content (AvgIpc) is 3.38. The minimum atomic E-state index is -0.547. The number of hydrogen-bond acceptors (Lipinski definition) is 15. The fourth-order valence-corrected chi connectivity index (χ4v) is 7.86. The Labute approximate surface area is 433 Å². The highest BCUT2D eigenvalue weighted by atomic mass is 79.9. The second-order valence-corrected chi connectivity index (χ2v) is 17.5. The summed E-state index contributed by atoms with van der Waals surface area (Å²) in [6.07, 6.45) is 2.72. The van der Waals surface area contributed by atoms with E-state index in [9.17, 15) is 24.4 Å². The molecule has 0 unspecified atom stereocenters. The van der Waals surface area contributed by atoms with Gasteiger partial charge in [-0.3, -0.25) is 28.3 Å². The van der Waals surface area contributed by atoms with Crippen molar-refractivity contribution in [2.45, 2.75) is 40.0 Å². The van der Waals surface area contributed by atoms with E-state index in [1.165, 1.54) is 73.6 Å². The molecule has 0 bridgehead atoms. The van der Waals surface area contributed by atoms with E-state index < -0.39 is 16.7 Å². The van der Waals surface area contributed by atoms with Crippen molar-refractivity contribution < 1.29 is 18.9 Å². The molecule has 4 heterocycles. The molecule has 73 heavy (non-hydrogen) atoms. The second kappa shape index (κ2) is 23.4. The Kier molecular flexibility index (Phi) is 16.6. The summed E-state index contributed by atoms with van der Waals surface area (Å²) in [5, 5.41) is 37.2. The van der Waals surface area contributed by atoms with Crippen molar-refractivity contribution in [1.29, 1.82) is 15.8 Å². The Bertz CT molecular complexity index is 3770. The summed E-state index contributed by atoms with van der Waals surface area (Å²) >= 11 is 15.4. The van der Waals surface area contributed by atoms with Crippen LogP contribution in [-0.4, -0.2) is 52.9 Å². The first-order chi connectivity index (χ1) is 35.1. The summed E-state index contributed by atoms with van der Waals surface area (Å²) in [6.45, 7) is 3.58. The van der Waals surface area contributed by atoms with Crippen LogP contribution < -0.4 is 41.2 Å². The van der Waals surface area contributed by atoms with Gasteiger partial charge in [-0.2, -0.15) is 26.0 Å². The van der Waals surface area contributed by atoms with E-state index in [1.54, 1.807) is 70.5 Å². The zero-order valence-electron chi connectivity index (χ0n) is 39.0. The van der Waals surface area contributed by atoms with Crippen LogP contribution in [0.5, 0.6) is 34.5 Å². The predicted molar refractivity (Wildman–Crippen MR) is 271 cm³/mol. The Morgan fingerprint density at radius 3 is 1.37 bits per heavy atom. The van der Waals surface area contributed by atoms with Gasteiger partial charge in [0.25, 0.3) is 22.2 Å². The van der Waals surface area contributed by atoms with Crippen molar-refractivity contribution in [3.05, 3.63) is 216 Å². The maximum absolute atomic E-state index is 13.2. The van der Waals surface area contributed by atoms with E-state index in [0.29, 0.717) is 49.3 Å². The van der Waals surface area contributed by atoms with E-state index in [-0.39, 0.29) is 70.9 Å². The van der Waals surface area contributed by atoms with Crippen LogP contribution in [-0.2, 0) is 26.2 Å². The van der Waals surface area contributed by atoms with Gasteiger partial charge >= 0.3 is 0 Å². The van der Waals surface area contributed by atoms with Crippen LogP contribution >= 0.6 is 39.1 Å². The zero-order chi connectivity index (χ0) is 52.3. The highest BCUT2D eigenvalue weighted by Crippen LogP contribution is 2.27. The first kappa shape index (κ1) is 52.0. The van der Waals surface area contributed by atoms with Crippen molar-refractivity contribution in [2.24, 2.45) is 0 Å². The lowest BCUT2D eigenvalue weighted by atomic mass is 10.2. The highest BCUT2D eigenvalue weighted by molar-refractivity contribution is 9.10. The highest BCUT2D eigenvalue weighted by Gasteiger charge is 2.18. The third kappa shape index (κ3) is 12.9. The van der Waals surface area contributed by atoms with Crippen LogP contribution in [0.2, 0.25) is 10.0 Å². The number of halogens is 3. The molecule has 0 aliphatic rings. The van der Waals surface area contributed by atoms with Crippen LogP contribution in [0.4, 0.5) is 0 Å². The maximum atomic E-state index is 13.2. The van der Waals surface area contributed by atoms with Crippen molar-refractivity contribution in [2.75, 3.05) is 14.2 Å². The van der Waals surface area contributed by atoms with Crippen LogP contribution in [0.1, 0.15) is 50.6 Å². The Morgan fingerprint density at radius 1 is 0.534 bits per heavy atom. The van der Waals surface area contributed by atoms with E-state index in [4.69, 9.17) is 52.7 Å². The first-order valence-corrected chi connectivity index (χ1v) is 23.1. The molecule has 0 saturated carbocycles. The van der Waals surface area contributed by atoms with Gasteiger partial charge in [-0.1, -0.05) is 47.5 Å². The summed E-state index contributed by atoms with van der Waals surface area (Å²) in [5.74, 6) is 1.77. The van der Waals surface area contributed by atoms with Gasteiger partial charge in [-0.05, 0) is 114 Å². The van der Waals surface area contributed by atoms with Crippen molar-refractivity contribution in [3.8, 4) is 52.7 Å². The topological polar surface area (TPSA) is 248 Å². The van der Waals surface area contributed by atoms with E-state index in [0.717, 1.165) is 11.1 Å². The molecule has 8 aromatic rings. The van der Waals surface area contributed by atoms with Gasteiger partial charge in [0.15, 0.2) is 0 Å². The number of nitrogens with zero attached hydrogens (tertiary/aromatic N) is 11. The number of ether oxygens (including phenoxy) is 4. The van der Waals surface area contributed by atoms with Gasteiger partial charge in [-0.25, -0.2) is 19.3 Å². The molecule has 0 atom stereocenters. The lowest BCUT2D eigenvalue weighted by molar-refractivity contribution is 0.414. The molecule has 19 nitrogen and oxygen atoms in total. The quantitative estimate of drug-likeness (QED) is 0.101. The number of nitriles is 3. The van der Waals surface area contributed by atoms with Gasteiger partial charge in [0.1, 0.15) is 34.6 Å². The normalized spacial score (nSPS) is 10.5. The minimum absolute atomic E-state index is 0.00530. The number of benzene rings is 4. The predicted octanol–water partition coefficient (Wildman–Crippen LogP) is 7.70. The van der Waals surface area contributed by atoms with Gasteiger partial charge < -0.3 is 18.9 Å². The Balaban J connectivity index is 0.000000214. The molecule has 366 valence electrons. The molecule has 4 aromatic heterocycles. The van der Waals surface area contributed by atoms with E-state index >= 15 is 0 Å². The molecule has 0 amide bonds. The number of hydrogen-bond donors (Lipinski definition) is 0. The van der Waals surface area contributed by atoms with Gasteiger partial charge in [-0.15, -0.1) is 0 Å². The Morgan fingerprint density at radius 2 is 0.959 bits per heavy atom. The molecule has 0 fully saturated rings. The van der Waals surface area contributed by atoms with E-state index in [2.05, 4.69) is 36.1 Å². The van der Waals surface area contributed by atoms with Crippen LogP contribution in [0.15, 0.2) is 133 Å². The SMILES string of the molecule is COc1ccc(Cn2nc(Cn3cnc(C)c(Oc4cc(Cl)cc(C#N)c4)c3=O)cc(Br)c2=O)cc1.COc1ccc(Cn2nc(Cn3cnc(C)c(Oc4cc(Cl)cc(C#N)c4)c3=O)cc(C#N)c2=O)cc1. The molecule has 22 heteroatoms. The maximum Gasteiger partial charge on any atom is 0.296 e. The molecule has 0 aliphatic heterocycles. The van der Waals surface area contributed by atoms with Crippen LogP contribution in [0.25, 0.3) is 0 Å². The number of rotatable bonds is 14. The first-order valence-electron chi connectivity index (χ1n) is 21.5. The molecule has 4 aromatic carbocycles. The Hall–Kier alpha value is -8.87. The average molecular weight is 1080 g/mol.